The van der Waals surface area contributed by atoms with Gasteiger partial charge in [-0.2, -0.15) is 0 Å². The summed E-state index contributed by atoms with van der Waals surface area (Å²) in [6, 6.07) is 17.3. The number of amides is 2. The fourth-order valence-electron chi connectivity index (χ4n) is 3.22. The molecule has 0 spiro atoms. The average molecular weight is 338 g/mol. The first-order chi connectivity index (χ1) is 12.2. The van der Waals surface area contributed by atoms with Gasteiger partial charge < -0.3 is 15.0 Å². The van der Waals surface area contributed by atoms with Gasteiger partial charge in [-0.15, -0.1) is 0 Å². The molecule has 1 aliphatic rings. The highest BCUT2D eigenvalue weighted by Gasteiger charge is 2.30. The van der Waals surface area contributed by atoms with Crippen LogP contribution in [0.5, 0.6) is 0 Å². The predicted octanol–water partition coefficient (Wildman–Crippen LogP) is 3.25. The Kier molecular flexibility index (Phi) is 5.46. The van der Waals surface area contributed by atoms with Crippen molar-refractivity contribution >= 4 is 17.5 Å². The van der Waals surface area contributed by atoms with E-state index in [-0.39, 0.29) is 24.5 Å². The number of hydrogen-bond acceptors (Lipinski definition) is 3. The Morgan fingerprint density at radius 2 is 1.84 bits per heavy atom. The molecular weight excluding hydrogens is 316 g/mol. The second-order valence-electron chi connectivity index (χ2n) is 6.13. The van der Waals surface area contributed by atoms with Gasteiger partial charge in [0.2, 0.25) is 5.91 Å². The number of carbonyl (C=O) groups excluding carboxylic acids is 2. The maximum absolute atomic E-state index is 12.9. The minimum Gasteiger partial charge on any atom is -0.375 e. The molecule has 1 atom stereocenters. The smallest absolute Gasteiger partial charge is 0.254 e. The average Bonchev–Trinajstić information content (AvgIpc) is 3.12. The molecule has 5 nitrogen and oxygen atoms in total. The summed E-state index contributed by atoms with van der Waals surface area (Å²) in [5.41, 5.74) is 2.46. The Balaban J connectivity index is 1.71. The second-order valence-corrected chi connectivity index (χ2v) is 6.13. The van der Waals surface area contributed by atoms with Crippen LogP contribution in [-0.4, -0.2) is 37.0 Å². The molecule has 0 unspecified atom stereocenters. The molecule has 2 aromatic carbocycles. The van der Waals surface area contributed by atoms with Crippen molar-refractivity contribution < 1.29 is 14.3 Å². The van der Waals surface area contributed by atoms with Crippen LogP contribution in [0.1, 0.15) is 34.8 Å². The topological polar surface area (TPSA) is 58.6 Å². The molecule has 25 heavy (non-hydrogen) atoms. The molecule has 2 aromatic rings. The van der Waals surface area contributed by atoms with E-state index in [0.717, 1.165) is 19.4 Å². The zero-order chi connectivity index (χ0) is 17.6. The van der Waals surface area contributed by atoms with Crippen LogP contribution in [0.15, 0.2) is 54.6 Å². The highest BCUT2D eigenvalue weighted by Crippen LogP contribution is 2.33. The van der Waals surface area contributed by atoms with Gasteiger partial charge in [0.1, 0.15) is 6.61 Å². The molecule has 0 bridgehead atoms. The van der Waals surface area contributed by atoms with Crippen molar-refractivity contribution in [1.82, 2.24) is 4.90 Å². The monoisotopic (exact) mass is 338 g/mol. The quantitative estimate of drug-likeness (QED) is 0.910. The summed E-state index contributed by atoms with van der Waals surface area (Å²) < 4.78 is 4.79. The highest BCUT2D eigenvalue weighted by atomic mass is 16.5. The fraction of sp³-hybridized carbons (Fsp3) is 0.300. The summed E-state index contributed by atoms with van der Waals surface area (Å²) in [6.45, 7) is 0.776. The van der Waals surface area contributed by atoms with Crippen LogP contribution >= 0.6 is 0 Å². The number of benzene rings is 2. The maximum atomic E-state index is 12.9. The number of hydrogen-bond donors (Lipinski definition) is 1. The number of nitrogens with zero attached hydrogens (tertiary/aromatic N) is 1. The van der Waals surface area contributed by atoms with Crippen molar-refractivity contribution in [1.29, 1.82) is 0 Å². The zero-order valence-electron chi connectivity index (χ0n) is 14.3. The summed E-state index contributed by atoms with van der Waals surface area (Å²) in [7, 11) is 1.47. The van der Waals surface area contributed by atoms with E-state index in [1.165, 1.54) is 12.7 Å². The molecule has 5 heteroatoms. The van der Waals surface area contributed by atoms with Crippen LogP contribution in [0.4, 0.5) is 5.69 Å². The van der Waals surface area contributed by atoms with Crippen molar-refractivity contribution in [3.63, 3.8) is 0 Å². The first kappa shape index (κ1) is 17.2. The van der Waals surface area contributed by atoms with Gasteiger partial charge in [0, 0.05) is 24.9 Å². The van der Waals surface area contributed by atoms with Gasteiger partial charge in [-0.25, -0.2) is 0 Å². The lowest BCUT2D eigenvalue weighted by atomic mass is 10.0. The van der Waals surface area contributed by atoms with Crippen molar-refractivity contribution in [3.05, 3.63) is 65.7 Å². The van der Waals surface area contributed by atoms with Gasteiger partial charge in [-0.1, -0.05) is 30.3 Å². The lowest BCUT2D eigenvalue weighted by Crippen LogP contribution is -2.30. The number of ether oxygens (including phenoxy) is 1. The van der Waals surface area contributed by atoms with E-state index in [1.54, 1.807) is 24.3 Å². The summed E-state index contributed by atoms with van der Waals surface area (Å²) in [5.74, 6) is -0.189. The molecule has 1 N–H and O–H groups in total. The summed E-state index contributed by atoms with van der Waals surface area (Å²) in [6.07, 6.45) is 2.00. The van der Waals surface area contributed by atoms with Gasteiger partial charge in [0.15, 0.2) is 0 Å². The van der Waals surface area contributed by atoms with Crippen LogP contribution in [0.25, 0.3) is 0 Å². The van der Waals surface area contributed by atoms with E-state index in [4.69, 9.17) is 4.74 Å². The second kappa shape index (κ2) is 7.94. The van der Waals surface area contributed by atoms with Crippen LogP contribution in [-0.2, 0) is 9.53 Å². The largest absolute Gasteiger partial charge is 0.375 e. The van der Waals surface area contributed by atoms with Crippen molar-refractivity contribution in [2.45, 2.75) is 18.9 Å². The van der Waals surface area contributed by atoms with E-state index >= 15 is 0 Å². The van der Waals surface area contributed by atoms with E-state index in [0.29, 0.717) is 11.3 Å². The molecule has 0 aliphatic carbocycles. The predicted molar refractivity (Wildman–Crippen MR) is 96.4 cm³/mol. The van der Waals surface area contributed by atoms with Crippen LogP contribution in [0.3, 0.4) is 0 Å². The molecule has 1 aliphatic heterocycles. The summed E-state index contributed by atoms with van der Waals surface area (Å²) in [4.78, 5) is 26.4. The number of likely N-dealkylation sites (tertiary alicyclic amines) is 1. The number of rotatable bonds is 5. The molecule has 1 saturated heterocycles. The molecule has 1 heterocycles. The van der Waals surface area contributed by atoms with E-state index in [9.17, 15) is 9.59 Å². The van der Waals surface area contributed by atoms with Crippen LogP contribution < -0.4 is 5.32 Å². The van der Waals surface area contributed by atoms with Gasteiger partial charge in [0.25, 0.3) is 5.91 Å². The van der Waals surface area contributed by atoms with Crippen molar-refractivity contribution in [2.24, 2.45) is 0 Å². The van der Waals surface area contributed by atoms with Crippen molar-refractivity contribution in [2.75, 3.05) is 25.6 Å². The SMILES string of the molecule is COCC(=O)Nc1ccc(C(=O)N2CCC[C@@H]2c2ccccc2)cc1. The van der Waals surface area contributed by atoms with E-state index in [2.05, 4.69) is 17.4 Å². The molecule has 3 rings (SSSR count). The number of methoxy groups -OCH3 is 1. The van der Waals surface area contributed by atoms with Gasteiger partial charge in [-0.05, 0) is 42.7 Å². The standard InChI is InChI=1S/C20H22N2O3/c1-25-14-19(23)21-17-11-9-16(10-12-17)20(24)22-13-5-8-18(22)15-6-3-2-4-7-15/h2-4,6-7,9-12,18H,5,8,13-14H2,1H3,(H,21,23)/t18-/m1/s1. The first-order valence-corrected chi connectivity index (χ1v) is 8.44. The first-order valence-electron chi connectivity index (χ1n) is 8.44. The van der Waals surface area contributed by atoms with Gasteiger partial charge in [-0.3, -0.25) is 9.59 Å². The Morgan fingerprint density at radius 1 is 1.12 bits per heavy atom. The molecule has 0 radical (unpaired) electrons. The number of carbonyl (C=O) groups is 2. The third-order valence-electron chi connectivity index (χ3n) is 4.39. The van der Waals surface area contributed by atoms with Crippen molar-refractivity contribution in [3.8, 4) is 0 Å². The minimum absolute atomic E-state index is 0.00716. The highest BCUT2D eigenvalue weighted by molar-refractivity contribution is 5.96. The molecular formula is C20H22N2O3. The summed E-state index contributed by atoms with van der Waals surface area (Å²) >= 11 is 0. The lowest BCUT2D eigenvalue weighted by Gasteiger charge is -2.25. The molecule has 1 fully saturated rings. The van der Waals surface area contributed by atoms with Gasteiger partial charge >= 0.3 is 0 Å². The van der Waals surface area contributed by atoms with Crippen LogP contribution in [0.2, 0.25) is 0 Å². The Bertz CT molecular complexity index is 728. The molecule has 0 saturated carbocycles. The fourth-order valence-corrected chi connectivity index (χ4v) is 3.22. The maximum Gasteiger partial charge on any atom is 0.254 e. The minimum atomic E-state index is -0.217. The van der Waals surface area contributed by atoms with Gasteiger partial charge in [0.05, 0.1) is 6.04 Å². The number of nitrogens with one attached hydrogen (secondary N) is 1. The normalized spacial score (nSPS) is 16.7. The zero-order valence-corrected chi connectivity index (χ0v) is 14.3. The molecule has 2 amide bonds. The van der Waals surface area contributed by atoms with E-state index in [1.807, 2.05) is 23.1 Å². The van der Waals surface area contributed by atoms with E-state index < -0.39 is 0 Å². The molecule has 0 aromatic heterocycles. The lowest BCUT2D eigenvalue weighted by molar-refractivity contribution is -0.119. The Morgan fingerprint density at radius 3 is 2.52 bits per heavy atom. The number of anilines is 1. The van der Waals surface area contributed by atoms with Crippen LogP contribution in [0, 0.1) is 0 Å². The Labute approximate surface area is 147 Å². The summed E-state index contributed by atoms with van der Waals surface area (Å²) in [5, 5.41) is 2.72. The third-order valence-corrected chi connectivity index (χ3v) is 4.39. The molecule has 130 valence electrons. The third kappa shape index (κ3) is 4.06. The Hall–Kier alpha value is -2.66.